The standard InChI is InChI=1S/C19H26N2O5/c1-24-15-7-5-14(6-8-15)11-20-17(22)18(23)21-12-16-13-25-19(26-16)9-3-2-4-10-19/h5-8,16H,2-4,9-13H2,1H3,(H,20,22)(H,21,23). The van der Waals surface area contributed by atoms with Crippen molar-refractivity contribution in [1.29, 1.82) is 0 Å². The molecule has 26 heavy (non-hydrogen) atoms. The van der Waals surface area contributed by atoms with Crippen LogP contribution in [0.5, 0.6) is 5.75 Å². The SMILES string of the molecule is COc1ccc(CNC(=O)C(=O)NCC2COC3(CCCCC3)O2)cc1. The quantitative estimate of drug-likeness (QED) is 0.776. The summed E-state index contributed by atoms with van der Waals surface area (Å²) in [6, 6.07) is 7.29. The minimum absolute atomic E-state index is 0.202. The molecule has 7 nitrogen and oxygen atoms in total. The molecule has 1 atom stereocenters. The number of nitrogens with one attached hydrogen (secondary N) is 2. The summed E-state index contributed by atoms with van der Waals surface area (Å²) >= 11 is 0. The van der Waals surface area contributed by atoms with Crippen molar-refractivity contribution in [2.45, 2.75) is 50.5 Å². The van der Waals surface area contributed by atoms with Crippen molar-refractivity contribution in [2.24, 2.45) is 0 Å². The van der Waals surface area contributed by atoms with Crippen LogP contribution in [0.1, 0.15) is 37.7 Å². The van der Waals surface area contributed by atoms with Crippen molar-refractivity contribution < 1.29 is 23.8 Å². The molecule has 2 amide bonds. The van der Waals surface area contributed by atoms with Crippen molar-refractivity contribution in [2.75, 3.05) is 20.3 Å². The van der Waals surface area contributed by atoms with E-state index in [-0.39, 0.29) is 19.2 Å². The van der Waals surface area contributed by atoms with Crippen molar-refractivity contribution in [3.8, 4) is 5.75 Å². The molecule has 1 unspecified atom stereocenters. The predicted molar refractivity (Wildman–Crippen MR) is 94.5 cm³/mol. The molecular formula is C19H26N2O5. The maximum absolute atomic E-state index is 11.9. The molecule has 142 valence electrons. The Morgan fingerprint density at radius 1 is 1.12 bits per heavy atom. The van der Waals surface area contributed by atoms with E-state index in [2.05, 4.69) is 10.6 Å². The van der Waals surface area contributed by atoms with Gasteiger partial charge in [0.05, 0.1) is 13.7 Å². The van der Waals surface area contributed by atoms with E-state index >= 15 is 0 Å². The fourth-order valence-corrected chi connectivity index (χ4v) is 3.36. The Kier molecular flexibility index (Phi) is 6.11. The van der Waals surface area contributed by atoms with E-state index < -0.39 is 17.6 Å². The van der Waals surface area contributed by atoms with Crippen molar-refractivity contribution in [3.63, 3.8) is 0 Å². The van der Waals surface area contributed by atoms with E-state index in [0.717, 1.165) is 37.0 Å². The van der Waals surface area contributed by atoms with Crippen molar-refractivity contribution in [3.05, 3.63) is 29.8 Å². The third-order valence-corrected chi connectivity index (χ3v) is 4.84. The Balaban J connectivity index is 1.38. The lowest BCUT2D eigenvalue weighted by Gasteiger charge is -2.31. The second-order valence-corrected chi connectivity index (χ2v) is 6.76. The Hall–Kier alpha value is -2.12. The maximum atomic E-state index is 11.9. The number of carbonyl (C=O) groups excluding carboxylic acids is 2. The van der Waals surface area contributed by atoms with Crippen LogP contribution < -0.4 is 15.4 Å². The van der Waals surface area contributed by atoms with E-state index in [9.17, 15) is 9.59 Å². The van der Waals surface area contributed by atoms with Crippen molar-refractivity contribution in [1.82, 2.24) is 10.6 Å². The molecule has 1 aliphatic heterocycles. The fourth-order valence-electron chi connectivity index (χ4n) is 3.36. The molecular weight excluding hydrogens is 336 g/mol. The number of rotatable bonds is 5. The highest BCUT2D eigenvalue weighted by molar-refractivity contribution is 6.35. The number of carbonyl (C=O) groups is 2. The summed E-state index contributed by atoms with van der Waals surface area (Å²) in [6.45, 7) is 1.01. The minimum Gasteiger partial charge on any atom is -0.497 e. The van der Waals surface area contributed by atoms with Gasteiger partial charge in [-0.05, 0) is 30.5 Å². The van der Waals surface area contributed by atoms with Gasteiger partial charge < -0.3 is 24.8 Å². The lowest BCUT2D eigenvalue weighted by Crippen LogP contribution is -2.43. The number of ether oxygens (including phenoxy) is 3. The highest BCUT2D eigenvalue weighted by Crippen LogP contribution is 2.37. The molecule has 1 aromatic carbocycles. The smallest absolute Gasteiger partial charge is 0.309 e. The van der Waals surface area contributed by atoms with Gasteiger partial charge in [-0.1, -0.05) is 18.6 Å². The highest BCUT2D eigenvalue weighted by Gasteiger charge is 2.42. The zero-order valence-corrected chi connectivity index (χ0v) is 15.1. The van der Waals surface area contributed by atoms with Crippen LogP contribution >= 0.6 is 0 Å². The molecule has 0 bridgehead atoms. The van der Waals surface area contributed by atoms with Crippen molar-refractivity contribution >= 4 is 11.8 Å². The van der Waals surface area contributed by atoms with Crippen LogP contribution in [0.4, 0.5) is 0 Å². The molecule has 1 saturated heterocycles. The van der Waals surface area contributed by atoms with E-state index in [1.807, 2.05) is 12.1 Å². The number of amides is 2. The van der Waals surface area contributed by atoms with Crippen LogP contribution in [0.25, 0.3) is 0 Å². The summed E-state index contributed by atoms with van der Waals surface area (Å²) in [6.07, 6.45) is 5.02. The van der Waals surface area contributed by atoms with Gasteiger partial charge in [0.25, 0.3) is 0 Å². The summed E-state index contributed by atoms with van der Waals surface area (Å²) < 4.78 is 16.9. The Labute approximate surface area is 153 Å². The molecule has 7 heteroatoms. The largest absolute Gasteiger partial charge is 0.497 e. The highest BCUT2D eigenvalue weighted by atomic mass is 16.7. The monoisotopic (exact) mass is 362 g/mol. The van der Waals surface area contributed by atoms with Crippen LogP contribution in [0, 0.1) is 0 Å². The van der Waals surface area contributed by atoms with Crippen LogP contribution in [0.15, 0.2) is 24.3 Å². The van der Waals surface area contributed by atoms with E-state index in [1.54, 1.807) is 19.2 Å². The van der Waals surface area contributed by atoms with Crippen LogP contribution in [-0.4, -0.2) is 44.0 Å². The van der Waals surface area contributed by atoms with Crippen LogP contribution in [-0.2, 0) is 25.6 Å². The Bertz CT molecular complexity index is 625. The minimum atomic E-state index is -0.660. The maximum Gasteiger partial charge on any atom is 0.309 e. The number of methoxy groups -OCH3 is 1. The Morgan fingerprint density at radius 3 is 2.50 bits per heavy atom. The number of benzene rings is 1. The first-order valence-corrected chi connectivity index (χ1v) is 9.11. The first kappa shape index (κ1) is 18.7. The second-order valence-electron chi connectivity index (χ2n) is 6.76. The summed E-state index contributed by atoms with van der Waals surface area (Å²) in [4.78, 5) is 23.9. The molecule has 2 N–H and O–H groups in total. The third kappa shape index (κ3) is 4.74. The normalized spacial score (nSPS) is 21.3. The van der Waals surface area contributed by atoms with Gasteiger partial charge in [-0.2, -0.15) is 0 Å². The first-order chi connectivity index (χ1) is 12.6. The number of hydrogen-bond acceptors (Lipinski definition) is 5. The topological polar surface area (TPSA) is 85.9 Å². The third-order valence-electron chi connectivity index (χ3n) is 4.84. The van der Waals surface area contributed by atoms with E-state index in [0.29, 0.717) is 6.61 Å². The molecule has 1 spiro atoms. The van der Waals surface area contributed by atoms with E-state index in [1.165, 1.54) is 6.42 Å². The molecule has 2 aliphatic rings. The molecule has 1 heterocycles. The van der Waals surface area contributed by atoms with Gasteiger partial charge in [-0.15, -0.1) is 0 Å². The lowest BCUT2D eigenvalue weighted by atomic mass is 9.94. The Morgan fingerprint density at radius 2 is 1.81 bits per heavy atom. The fraction of sp³-hybridized carbons (Fsp3) is 0.579. The predicted octanol–water partition coefficient (Wildman–Crippen LogP) is 1.50. The summed E-state index contributed by atoms with van der Waals surface area (Å²) in [5.41, 5.74) is 0.888. The van der Waals surface area contributed by atoms with Gasteiger partial charge in [0, 0.05) is 25.9 Å². The summed E-state index contributed by atoms with van der Waals surface area (Å²) in [5.74, 6) is -1.05. The lowest BCUT2D eigenvalue weighted by molar-refractivity contribution is -0.186. The zero-order chi connectivity index (χ0) is 18.4. The molecule has 0 radical (unpaired) electrons. The molecule has 1 saturated carbocycles. The van der Waals surface area contributed by atoms with Gasteiger partial charge >= 0.3 is 11.8 Å². The van der Waals surface area contributed by atoms with Gasteiger partial charge in [0.1, 0.15) is 11.9 Å². The molecule has 0 aromatic heterocycles. The average Bonchev–Trinajstić information content (AvgIpc) is 3.07. The molecule has 1 aromatic rings. The zero-order valence-electron chi connectivity index (χ0n) is 15.1. The van der Waals surface area contributed by atoms with Crippen LogP contribution in [0.3, 0.4) is 0 Å². The average molecular weight is 362 g/mol. The van der Waals surface area contributed by atoms with Gasteiger partial charge in [0.2, 0.25) is 0 Å². The second kappa shape index (κ2) is 8.51. The summed E-state index contributed by atoms with van der Waals surface area (Å²) in [5, 5.41) is 5.23. The molecule has 3 rings (SSSR count). The van der Waals surface area contributed by atoms with Gasteiger partial charge in [-0.25, -0.2) is 0 Å². The first-order valence-electron chi connectivity index (χ1n) is 9.11. The van der Waals surface area contributed by atoms with Gasteiger partial charge in [-0.3, -0.25) is 9.59 Å². The van der Waals surface area contributed by atoms with Gasteiger partial charge in [0.15, 0.2) is 5.79 Å². The molecule has 2 fully saturated rings. The van der Waals surface area contributed by atoms with E-state index in [4.69, 9.17) is 14.2 Å². The van der Waals surface area contributed by atoms with Crippen LogP contribution in [0.2, 0.25) is 0 Å². The number of hydrogen-bond donors (Lipinski definition) is 2. The summed E-state index contributed by atoms with van der Waals surface area (Å²) in [7, 11) is 1.59. The molecule has 1 aliphatic carbocycles.